The number of carbonyl (C=O) groups is 2. The Bertz CT molecular complexity index is 1180. The maximum atomic E-state index is 13.4. The molecule has 1 amide bonds. The molecule has 2 aliphatic rings. The van der Waals surface area contributed by atoms with Crippen molar-refractivity contribution in [1.29, 1.82) is 0 Å². The maximum absolute atomic E-state index is 13.4. The fourth-order valence-corrected chi connectivity index (χ4v) is 5.84. The molecular weight excluding hydrogens is 448 g/mol. The topological polar surface area (TPSA) is 101 Å². The van der Waals surface area contributed by atoms with E-state index < -0.39 is 0 Å². The Kier molecular flexibility index (Phi) is 6.54. The van der Waals surface area contributed by atoms with Gasteiger partial charge in [0.1, 0.15) is 10.5 Å². The molecule has 1 N–H and O–H groups in total. The van der Waals surface area contributed by atoms with E-state index in [1.54, 1.807) is 17.3 Å². The van der Waals surface area contributed by atoms with Gasteiger partial charge in [-0.3, -0.25) is 14.6 Å². The summed E-state index contributed by atoms with van der Waals surface area (Å²) in [4.78, 5) is 45.4. The van der Waals surface area contributed by atoms with Gasteiger partial charge in [0, 0.05) is 44.2 Å². The number of anilines is 1. The van der Waals surface area contributed by atoms with Crippen LogP contribution in [0.15, 0.2) is 24.5 Å². The zero-order valence-corrected chi connectivity index (χ0v) is 20.5. The number of aromatic nitrogens is 4. The van der Waals surface area contributed by atoms with Crippen molar-refractivity contribution in [3.63, 3.8) is 0 Å². The van der Waals surface area contributed by atoms with Gasteiger partial charge in [-0.1, -0.05) is 31.7 Å². The fourth-order valence-electron chi connectivity index (χ4n) is 5.00. The summed E-state index contributed by atoms with van der Waals surface area (Å²) in [5.74, 6) is 1.44. The molecule has 1 saturated carbocycles. The van der Waals surface area contributed by atoms with Crippen LogP contribution in [0, 0.1) is 18.8 Å². The number of hydrogen-bond donors (Lipinski definition) is 1. The SMILES string of the molecule is Cc1nc2nc(N[C@@H](C)c3cccnc3)nc(C(=O)N3CC(CC(=O)CC4CCCC4)C3)c2s1. The molecule has 0 unspecified atom stereocenters. The van der Waals surface area contributed by atoms with Crippen molar-refractivity contribution in [3.8, 4) is 0 Å². The first-order valence-electron chi connectivity index (χ1n) is 12.1. The minimum atomic E-state index is -0.118. The van der Waals surface area contributed by atoms with E-state index in [0.29, 0.717) is 59.6 Å². The lowest BCUT2D eigenvalue weighted by Gasteiger charge is -2.39. The van der Waals surface area contributed by atoms with Gasteiger partial charge in [-0.25, -0.2) is 9.97 Å². The first-order valence-corrected chi connectivity index (χ1v) is 12.9. The second-order valence-electron chi connectivity index (χ2n) is 9.61. The second kappa shape index (κ2) is 9.74. The molecular formula is C25H30N6O2S. The van der Waals surface area contributed by atoms with E-state index in [0.717, 1.165) is 10.6 Å². The number of fused-ring (bicyclic) bond motifs is 1. The van der Waals surface area contributed by atoms with E-state index in [2.05, 4.69) is 25.3 Å². The molecule has 8 nitrogen and oxygen atoms in total. The molecule has 34 heavy (non-hydrogen) atoms. The number of nitrogens with zero attached hydrogens (tertiary/aromatic N) is 5. The summed E-state index contributed by atoms with van der Waals surface area (Å²) in [5.41, 5.74) is 1.92. The number of Topliss-reactive ketones (excluding diaryl/α,β-unsaturated/α-hetero) is 1. The molecule has 3 aromatic rings. The van der Waals surface area contributed by atoms with E-state index in [4.69, 9.17) is 0 Å². The number of amides is 1. The zero-order valence-electron chi connectivity index (χ0n) is 19.7. The number of ketones is 1. The van der Waals surface area contributed by atoms with Crippen LogP contribution in [0.3, 0.4) is 0 Å². The van der Waals surface area contributed by atoms with Gasteiger partial charge in [-0.15, -0.1) is 11.3 Å². The predicted molar refractivity (Wildman–Crippen MR) is 132 cm³/mol. The van der Waals surface area contributed by atoms with Crippen LogP contribution in [-0.4, -0.2) is 49.6 Å². The summed E-state index contributed by atoms with van der Waals surface area (Å²) in [7, 11) is 0. The molecule has 3 aromatic heterocycles. The summed E-state index contributed by atoms with van der Waals surface area (Å²) in [6, 6.07) is 3.79. The maximum Gasteiger partial charge on any atom is 0.274 e. The third-order valence-electron chi connectivity index (χ3n) is 6.85. The highest BCUT2D eigenvalue weighted by atomic mass is 32.1. The average molecular weight is 479 g/mol. The fraction of sp³-hybridized carbons (Fsp3) is 0.520. The zero-order chi connectivity index (χ0) is 23.7. The van der Waals surface area contributed by atoms with Gasteiger partial charge >= 0.3 is 0 Å². The van der Waals surface area contributed by atoms with Gasteiger partial charge in [0.05, 0.1) is 11.0 Å². The molecule has 0 radical (unpaired) electrons. The number of thiazole rings is 1. The molecule has 1 atom stereocenters. The van der Waals surface area contributed by atoms with Crippen LogP contribution in [0.25, 0.3) is 10.3 Å². The highest BCUT2D eigenvalue weighted by Gasteiger charge is 2.35. The number of rotatable bonds is 8. The first kappa shape index (κ1) is 22.8. The van der Waals surface area contributed by atoms with Crippen molar-refractivity contribution in [2.24, 2.45) is 11.8 Å². The number of hydrogen-bond acceptors (Lipinski definition) is 8. The molecule has 2 fully saturated rings. The quantitative estimate of drug-likeness (QED) is 0.506. The van der Waals surface area contributed by atoms with E-state index in [1.807, 2.05) is 26.0 Å². The molecule has 5 rings (SSSR count). The normalized spacial score (nSPS) is 17.6. The molecule has 0 bridgehead atoms. The van der Waals surface area contributed by atoms with Gasteiger partial charge in [0.15, 0.2) is 11.3 Å². The number of pyridine rings is 1. The van der Waals surface area contributed by atoms with Crippen molar-refractivity contribution in [1.82, 2.24) is 24.8 Å². The smallest absolute Gasteiger partial charge is 0.274 e. The third-order valence-corrected chi connectivity index (χ3v) is 7.81. The van der Waals surface area contributed by atoms with Crippen LogP contribution in [-0.2, 0) is 4.79 Å². The van der Waals surface area contributed by atoms with Crippen molar-refractivity contribution >= 4 is 39.3 Å². The highest BCUT2D eigenvalue weighted by Crippen LogP contribution is 2.31. The van der Waals surface area contributed by atoms with Crippen molar-refractivity contribution in [3.05, 3.63) is 40.8 Å². The number of nitrogens with one attached hydrogen (secondary N) is 1. The minimum absolute atomic E-state index is 0.0758. The summed E-state index contributed by atoms with van der Waals surface area (Å²) in [6.07, 6.45) is 9.71. The van der Waals surface area contributed by atoms with E-state index in [-0.39, 0.29) is 17.9 Å². The van der Waals surface area contributed by atoms with Gasteiger partial charge in [0.25, 0.3) is 5.91 Å². The summed E-state index contributed by atoms with van der Waals surface area (Å²) >= 11 is 1.44. The Morgan fingerprint density at radius 2 is 1.91 bits per heavy atom. The van der Waals surface area contributed by atoms with Crippen molar-refractivity contribution < 1.29 is 9.59 Å². The Balaban J connectivity index is 1.27. The van der Waals surface area contributed by atoms with E-state index >= 15 is 0 Å². The number of likely N-dealkylation sites (tertiary alicyclic amines) is 1. The lowest BCUT2D eigenvalue weighted by atomic mass is 9.90. The summed E-state index contributed by atoms with van der Waals surface area (Å²) in [6.45, 7) is 5.11. The van der Waals surface area contributed by atoms with Crippen molar-refractivity contribution in [2.45, 2.75) is 58.4 Å². The Morgan fingerprint density at radius 1 is 1.15 bits per heavy atom. The highest BCUT2D eigenvalue weighted by molar-refractivity contribution is 7.18. The van der Waals surface area contributed by atoms with Gasteiger partial charge in [-0.2, -0.15) is 4.98 Å². The standard InChI is InChI=1S/C25H30N6O2S/c1-15(19-8-5-9-26-12-19)27-25-29-21(22-23(30-25)28-16(2)34-22)24(33)31-13-18(14-31)11-20(32)10-17-6-3-4-7-17/h5,8-9,12,15,17-18H,3-4,6-7,10-11,13-14H2,1-2H3,(H,27,29,30)/t15-/m0/s1. The third kappa shape index (κ3) is 4.94. The molecule has 1 aliphatic heterocycles. The average Bonchev–Trinajstić information content (AvgIpc) is 3.44. The molecule has 1 saturated heterocycles. The second-order valence-corrected chi connectivity index (χ2v) is 10.8. The van der Waals surface area contributed by atoms with Crippen LogP contribution in [0.2, 0.25) is 0 Å². The van der Waals surface area contributed by atoms with Crippen LogP contribution >= 0.6 is 11.3 Å². The van der Waals surface area contributed by atoms with Gasteiger partial charge < -0.3 is 10.2 Å². The largest absolute Gasteiger partial charge is 0.348 e. The van der Waals surface area contributed by atoms with Gasteiger partial charge in [0.2, 0.25) is 5.95 Å². The lowest BCUT2D eigenvalue weighted by Crippen LogP contribution is -2.50. The van der Waals surface area contributed by atoms with Crippen molar-refractivity contribution in [2.75, 3.05) is 18.4 Å². The monoisotopic (exact) mass is 478 g/mol. The number of aryl methyl sites for hydroxylation is 1. The molecule has 0 aromatic carbocycles. The molecule has 4 heterocycles. The lowest BCUT2D eigenvalue weighted by molar-refractivity contribution is -0.121. The van der Waals surface area contributed by atoms with Crippen LogP contribution in [0.5, 0.6) is 0 Å². The Labute approximate surface area is 203 Å². The van der Waals surface area contributed by atoms with Gasteiger partial charge in [-0.05, 0) is 31.4 Å². The minimum Gasteiger partial charge on any atom is -0.348 e. The summed E-state index contributed by atoms with van der Waals surface area (Å²) < 4.78 is 0.711. The van der Waals surface area contributed by atoms with Crippen LogP contribution < -0.4 is 5.32 Å². The Morgan fingerprint density at radius 3 is 2.65 bits per heavy atom. The summed E-state index contributed by atoms with van der Waals surface area (Å²) in [5, 5.41) is 4.13. The predicted octanol–water partition coefficient (Wildman–Crippen LogP) is 4.57. The van der Waals surface area contributed by atoms with Crippen LogP contribution in [0.4, 0.5) is 5.95 Å². The number of carbonyl (C=O) groups excluding carboxylic acids is 2. The molecule has 1 aliphatic carbocycles. The first-order chi connectivity index (χ1) is 16.5. The molecule has 178 valence electrons. The van der Waals surface area contributed by atoms with E-state index in [1.165, 1.54) is 37.0 Å². The van der Waals surface area contributed by atoms with E-state index in [9.17, 15) is 9.59 Å². The molecule has 0 spiro atoms. The van der Waals surface area contributed by atoms with Crippen LogP contribution in [0.1, 0.15) is 72.6 Å². The Hall–Kier alpha value is -2.94. The molecule has 9 heteroatoms.